The Hall–Kier alpha value is -5.62. The van der Waals surface area contributed by atoms with Crippen LogP contribution in [0.15, 0.2) is 127 Å². The van der Waals surface area contributed by atoms with Gasteiger partial charge in [-0.2, -0.15) is 0 Å². The van der Waals surface area contributed by atoms with Crippen LogP contribution in [0.2, 0.25) is 18.6 Å². The van der Waals surface area contributed by atoms with E-state index in [1.165, 1.54) is 0 Å². The van der Waals surface area contributed by atoms with Crippen molar-refractivity contribution >= 4 is 43.2 Å². The fraction of sp³-hybridized carbons (Fsp3) is 0.267. The highest BCUT2D eigenvalue weighted by Gasteiger charge is 2.67. The van der Waals surface area contributed by atoms with E-state index < -0.39 is 31.6 Å². The summed E-state index contributed by atoms with van der Waals surface area (Å²) in [7, 11) is -3.54. The van der Waals surface area contributed by atoms with Gasteiger partial charge in [-0.05, 0) is 66.7 Å². The summed E-state index contributed by atoms with van der Waals surface area (Å²) < 4.78 is 29.6. The molecule has 1 saturated heterocycles. The second-order valence-corrected chi connectivity index (χ2v) is 19.1. The largest absolute Gasteiger partial charge is 0.454 e. The Morgan fingerprint density at radius 2 is 1.50 bits per heavy atom. The minimum atomic E-state index is -3.54. The summed E-state index contributed by atoms with van der Waals surface area (Å²) >= 11 is 0. The molecule has 3 aliphatic heterocycles. The van der Waals surface area contributed by atoms with Gasteiger partial charge in [-0.15, -0.1) is 0 Å². The number of para-hydroxylation sites is 4. The van der Waals surface area contributed by atoms with Gasteiger partial charge in [0.15, 0.2) is 11.4 Å². The van der Waals surface area contributed by atoms with Gasteiger partial charge < -0.3 is 28.5 Å². The van der Waals surface area contributed by atoms with E-state index in [0.29, 0.717) is 39.7 Å². The van der Waals surface area contributed by atoms with Gasteiger partial charge in [-0.25, -0.2) is 0 Å². The van der Waals surface area contributed by atoms with E-state index in [9.17, 15) is 14.7 Å². The lowest BCUT2D eigenvalue weighted by atomic mass is 9.82. The number of ether oxygens (including phenoxy) is 2. The van der Waals surface area contributed by atoms with E-state index in [-0.39, 0.29) is 50.4 Å². The predicted molar refractivity (Wildman–Crippen MR) is 215 cm³/mol. The molecule has 0 unspecified atom stereocenters. The maximum Gasteiger partial charge on any atom is 0.266 e. The van der Waals surface area contributed by atoms with Crippen LogP contribution < -0.4 is 14.5 Å². The molecule has 0 bridgehead atoms. The zero-order valence-corrected chi connectivity index (χ0v) is 32.6. The third-order valence-corrected chi connectivity index (χ3v) is 13.8. The quantitative estimate of drug-likeness (QED) is 0.113. The van der Waals surface area contributed by atoms with Crippen molar-refractivity contribution in [2.75, 3.05) is 23.0 Å². The summed E-state index contributed by atoms with van der Waals surface area (Å²) in [5.41, 5.74) is 2.41. The van der Waals surface area contributed by atoms with Crippen LogP contribution >= 0.6 is 0 Å². The summed E-state index contributed by atoms with van der Waals surface area (Å²) in [6.45, 7) is 5.44. The highest BCUT2D eigenvalue weighted by Crippen LogP contribution is 2.60. The number of benzene rings is 5. The zero-order chi connectivity index (χ0) is 39.2. The fourth-order valence-corrected chi connectivity index (χ4v) is 11.4. The van der Waals surface area contributed by atoms with Gasteiger partial charge in [0.2, 0.25) is 14.3 Å². The highest BCUT2D eigenvalue weighted by molar-refractivity contribution is 6.72. The molecule has 286 valence electrons. The molecule has 0 saturated carbocycles. The van der Waals surface area contributed by atoms with Crippen molar-refractivity contribution < 1.29 is 33.1 Å². The van der Waals surface area contributed by atoms with Crippen LogP contribution in [0, 0.1) is 5.92 Å². The molecular formula is C45H44FN3O6Si. The smallest absolute Gasteiger partial charge is 0.266 e. The fourth-order valence-electron chi connectivity index (χ4n) is 8.92. The number of aliphatic hydroxyl groups is 1. The average molecular weight is 770 g/mol. The van der Waals surface area contributed by atoms with Gasteiger partial charge in [0.05, 0.1) is 42.6 Å². The number of halogens is 1. The lowest BCUT2D eigenvalue weighted by molar-refractivity contribution is -0.150. The molecule has 0 radical (unpaired) electrons. The molecule has 4 atom stereocenters. The minimum absolute atomic E-state index is 0.116. The van der Waals surface area contributed by atoms with E-state index in [4.69, 9.17) is 9.47 Å². The second kappa shape index (κ2) is 14.8. The van der Waals surface area contributed by atoms with Crippen LogP contribution in [-0.2, 0) is 33.0 Å². The molecule has 0 aromatic heterocycles. The monoisotopic (exact) mass is 769 g/mol. The molecule has 1 spiro atoms. The third kappa shape index (κ3) is 6.49. The standard InChI is InChI=1S/C45H44FN3O6Si/c1-30-42(56(2,3)46)40(27-41(51)47(24-25-50)28-31-14-5-4-6-15-31)55-45(30)35-19-8-9-20-36(35)48(44(45)53)29-32-16-13-17-33(26-32)49-37-21-10-12-23-39(37)54-38-22-11-7-18-34(38)43(49)52/h4-23,26,30,40,42,50H,24-25,27-29H2,1-3H3/t30-,40+,42-,45+/m1/s1. The zero-order valence-electron chi connectivity index (χ0n) is 31.6. The predicted octanol–water partition coefficient (Wildman–Crippen LogP) is 8.50. The highest BCUT2D eigenvalue weighted by atomic mass is 28.4. The molecule has 5 aromatic carbocycles. The van der Waals surface area contributed by atoms with Gasteiger partial charge in [0.25, 0.3) is 11.8 Å². The molecule has 3 aliphatic rings. The molecule has 56 heavy (non-hydrogen) atoms. The molecule has 8 rings (SSSR count). The van der Waals surface area contributed by atoms with E-state index in [1.807, 2.05) is 116 Å². The van der Waals surface area contributed by atoms with Gasteiger partial charge in [0, 0.05) is 35.8 Å². The molecule has 0 aliphatic carbocycles. The number of aliphatic hydroxyl groups excluding tert-OH is 1. The van der Waals surface area contributed by atoms with Gasteiger partial charge >= 0.3 is 0 Å². The van der Waals surface area contributed by atoms with Crippen molar-refractivity contribution in [2.24, 2.45) is 5.92 Å². The van der Waals surface area contributed by atoms with Crippen molar-refractivity contribution in [3.8, 4) is 11.5 Å². The lowest BCUT2D eigenvalue weighted by Crippen LogP contribution is -2.45. The number of carbonyl (C=O) groups is 3. The van der Waals surface area contributed by atoms with E-state index in [1.54, 1.807) is 46.0 Å². The van der Waals surface area contributed by atoms with Gasteiger partial charge in [-0.1, -0.05) is 91.9 Å². The second-order valence-electron chi connectivity index (χ2n) is 15.3. The normalized spacial score (nSPS) is 21.3. The van der Waals surface area contributed by atoms with Crippen LogP contribution in [0.25, 0.3) is 0 Å². The first-order valence-corrected chi connectivity index (χ1v) is 22.0. The third-order valence-electron chi connectivity index (χ3n) is 11.3. The van der Waals surface area contributed by atoms with Crippen LogP contribution in [0.3, 0.4) is 0 Å². The van der Waals surface area contributed by atoms with Crippen LogP contribution in [0.4, 0.5) is 21.2 Å². The van der Waals surface area contributed by atoms with Crippen LogP contribution in [-0.4, -0.2) is 55.4 Å². The summed E-state index contributed by atoms with van der Waals surface area (Å²) in [5, 5.41) is 9.86. The molecule has 9 nitrogen and oxygen atoms in total. The number of nitrogens with zero attached hydrogens (tertiary/aromatic N) is 3. The maximum absolute atomic E-state index is 16.5. The number of hydrogen-bond donors (Lipinski definition) is 1. The first-order valence-electron chi connectivity index (χ1n) is 19.0. The SMILES string of the molecule is C[C@@H]1[C@@H]([Si](C)(C)F)[C@H](CC(=O)N(CCO)Cc2ccccc2)O[C@@]12C(=O)N(Cc1cccc(N3C(=O)c4ccccc4Oc4ccccc43)c1)c1ccccc12. The van der Waals surface area contributed by atoms with Crippen molar-refractivity contribution in [1.29, 1.82) is 0 Å². The summed E-state index contributed by atoms with van der Waals surface area (Å²) in [6, 6.07) is 39.0. The molecule has 11 heteroatoms. The van der Waals surface area contributed by atoms with Crippen LogP contribution in [0.1, 0.15) is 40.4 Å². The first kappa shape index (κ1) is 37.3. The van der Waals surface area contributed by atoms with Crippen molar-refractivity contribution in [3.05, 3.63) is 150 Å². The minimum Gasteiger partial charge on any atom is -0.454 e. The Morgan fingerprint density at radius 3 is 2.25 bits per heavy atom. The number of hydrogen-bond acceptors (Lipinski definition) is 6. The van der Waals surface area contributed by atoms with Gasteiger partial charge in [0.1, 0.15) is 5.75 Å². The Kier molecular flexibility index (Phi) is 9.86. The summed E-state index contributed by atoms with van der Waals surface area (Å²) in [4.78, 5) is 48.1. The molecule has 1 fully saturated rings. The molecule has 3 heterocycles. The maximum atomic E-state index is 16.5. The number of anilines is 3. The molecular weight excluding hydrogens is 726 g/mol. The molecule has 1 N–H and O–H groups in total. The average Bonchev–Trinajstić information content (AvgIpc) is 3.56. The Balaban J connectivity index is 1.12. The number of amides is 3. The van der Waals surface area contributed by atoms with E-state index >= 15 is 8.90 Å². The topological polar surface area (TPSA) is 99.6 Å². The molecule has 5 aromatic rings. The number of rotatable bonds is 10. The van der Waals surface area contributed by atoms with Crippen molar-refractivity contribution in [3.63, 3.8) is 0 Å². The van der Waals surface area contributed by atoms with Crippen LogP contribution in [0.5, 0.6) is 11.5 Å². The Labute approximate surface area is 327 Å². The number of carbonyl (C=O) groups excluding carboxylic acids is 3. The van der Waals surface area contributed by atoms with E-state index in [2.05, 4.69) is 0 Å². The molecule has 3 amide bonds. The summed E-state index contributed by atoms with van der Waals surface area (Å²) in [6.07, 6.45) is -0.986. The number of fused-ring (bicyclic) bond motifs is 4. The van der Waals surface area contributed by atoms with Crippen molar-refractivity contribution in [1.82, 2.24) is 4.90 Å². The lowest BCUT2D eigenvalue weighted by Gasteiger charge is -2.31. The van der Waals surface area contributed by atoms with Gasteiger partial charge in [-0.3, -0.25) is 19.3 Å². The summed E-state index contributed by atoms with van der Waals surface area (Å²) in [5.74, 6) is -0.410. The Bertz CT molecular complexity index is 2300. The Morgan fingerprint density at radius 1 is 0.839 bits per heavy atom. The first-order chi connectivity index (χ1) is 27.0. The van der Waals surface area contributed by atoms with Crippen molar-refractivity contribution in [2.45, 2.75) is 56.8 Å². The van der Waals surface area contributed by atoms with E-state index in [0.717, 1.165) is 11.1 Å².